The van der Waals surface area contributed by atoms with E-state index in [2.05, 4.69) is 224 Å². The predicted molar refractivity (Wildman–Crippen MR) is 252 cm³/mol. The maximum absolute atomic E-state index is 5.60. The van der Waals surface area contributed by atoms with Gasteiger partial charge in [0.2, 0.25) is 0 Å². The number of pyridine rings is 1. The van der Waals surface area contributed by atoms with E-state index in [4.69, 9.17) is 15.0 Å². The quantitative estimate of drug-likeness (QED) is 0.119. The summed E-state index contributed by atoms with van der Waals surface area (Å²) in [4.78, 5) is 15.7. The molecule has 0 fully saturated rings. The molecule has 0 saturated heterocycles. The standard InChI is InChI=1S/C54H41N5Si/c1-36-37(2)55-54(56-38(36)3)39-33-52(58-48-28-16-13-25-44(48)45-26-14-17-29-49(45)58)57-53(34-39)59-50-30-18-15-27-46(50)47-35-43(31-32-51(47)59)60(40-19-7-4-8-20-40,41-21-9-5-10-22-41)42-23-11-6-12-24-42/h4-35H,1-3H3. The van der Waals surface area contributed by atoms with E-state index in [1.54, 1.807) is 0 Å². The first-order valence-electron chi connectivity index (χ1n) is 20.5. The van der Waals surface area contributed by atoms with Gasteiger partial charge in [-0.3, -0.25) is 9.13 Å². The number of hydrogen-bond acceptors (Lipinski definition) is 3. The second-order valence-electron chi connectivity index (χ2n) is 15.7. The van der Waals surface area contributed by atoms with Crippen LogP contribution in [0.4, 0.5) is 0 Å². The largest absolute Gasteiger partial charge is 0.294 e. The Morgan fingerprint density at radius 1 is 0.350 bits per heavy atom. The van der Waals surface area contributed by atoms with Crippen LogP contribution in [0.1, 0.15) is 17.0 Å². The van der Waals surface area contributed by atoms with Crippen molar-refractivity contribution in [3.63, 3.8) is 0 Å². The maximum atomic E-state index is 5.60. The summed E-state index contributed by atoms with van der Waals surface area (Å²) in [5.41, 5.74) is 8.34. The molecule has 0 unspecified atom stereocenters. The third kappa shape index (κ3) is 5.49. The molecule has 4 heterocycles. The van der Waals surface area contributed by atoms with Gasteiger partial charge in [-0.25, -0.2) is 15.0 Å². The molecule has 11 rings (SSSR count). The molecule has 0 N–H and O–H groups in total. The first-order valence-corrected chi connectivity index (χ1v) is 22.5. The Labute approximate surface area is 349 Å². The Kier molecular flexibility index (Phi) is 8.43. The van der Waals surface area contributed by atoms with Crippen LogP contribution in [0.5, 0.6) is 0 Å². The summed E-state index contributed by atoms with van der Waals surface area (Å²) in [6.07, 6.45) is 0. The summed E-state index contributed by atoms with van der Waals surface area (Å²) in [5, 5.41) is 10.1. The summed E-state index contributed by atoms with van der Waals surface area (Å²) in [6, 6.07) is 70.8. The molecular formula is C54H41N5Si. The van der Waals surface area contributed by atoms with Gasteiger partial charge in [0.15, 0.2) is 13.9 Å². The second kappa shape index (κ2) is 14.2. The fourth-order valence-corrected chi connectivity index (χ4v) is 14.2. The number of fused-ring (bicyclic) bond motifs is 6. The average molecular weight is 788 g/mol. The van der Waals surface area contributed by atoms with Crippen molar-refractivity contribution in [2.45, 2.75) is 20.8 Å². The molecule has 0 aliphatic heterocycles. The zero-order valence-corrected chi connectivity index (χ0v) is 34.7. The van der Waals surface area contributed by atoms with Crippen molar-refractivity contribution in [3.8, 4) is 23.0 Å². The fraction of sp³-hybridized carbons (Fsp3) is 0.0556. The Morgan fingerprint density at radius 3 is 1.18 bits per heavy atom. The highest BCUT2D eigenvalue weighted by atomic mass is 28.3. The number of hydrogen-bond donors (Lipinski definition) is 0. The number of benzene rings is 7. The second-order valence-corrected chi connectivity index (χ2v) is 19.5. The molecule has 0 amide bonds. The van der Waals surface area contributed by atoms with Crippen molar-refractivity contribution in [3.05, 3.63) is 211 Å². The molecule has 0 aliphatic rings. The summed E-state index contributed by atoms with van der Waals surface area (Å²) in [7, 11) is -2.79. The number of aryl methyl sites for hydroxylation is 2. The zero-order valence-electron chi connectivity index (χ0n) is 33.7. The third-order valence-corrected chi connectivity index (χ3v) is 17.2. The number of rotatable bonds is 7. The SMILES string of the molecule is Cc1nc(-c2cc(-n3c4ccccc4c4ccccc43)nc(-n3c4ccccc4c4cc([Si](c5ccccc5)(c5ccccc5)c5ccccc5)ccc43)c2)nc(C)c1C. The fourth-order valence-electron chi connectivity index (χ4n) is 9.45. The summed E-state index contributed by atoms with van der Waals surface area (Å²) in [6.45, 7) is 6.22. The van der Waals surface area contributed by atoms with Crippen LogP contribution < -0.4 is 20.7 Å². The molecule has 0 spiro atoms. The van der Waals surface area contributed by atoms with Crippen molar-refractivity contribution in [1.29, 1.82) is 0 Å². The molecule has 6 heteroatoms. The van der Waals surface area contributed by atoms with E-state index >= 15 is 0 Å². The molecule has 60 heavy (non-hydrogen) atoms. The van der Waals surface area contributed by atoms with Gasteiger partial charge in [0.25, 0.3) is 0 Å². The van der Waals surface area contributed by atoms with Crippen molar-refractivity contribution in [2.75, 3.05) is 0 Å². The van der Waals surface area contributed by atoms with Crippen LogP contribution >= 0.6 is 0 Å². The Morgan fingerprint density at radius 2 is 0.733 bits per heavy atom. The highest BCUT2D eigenvalue weighted by Crippen LogP contribution is 2.36. The molecule has 11 aromatic rings. The normalized spacial score (nSPS) is 11.9. The van der Waals surface area contributed by atoms with Crippen LogP contribution in [-0.4, -0.2) is 32.2 Å². The van der Waals surface area contributed by atoms with Gasteiger partial charge < -0.3 is 0 Å². The van der Waals surface area contributed by atoms with E-state index in [1.165, 1.54) is 42.3 Å². The van der Waals surface area contributed by atoms with E-state index < -0.39 is 8.07 Å². The van der Waals surface area contributed by atoms with Gasteiger partial charge in [0, 0.05) is 38.5 Å². The molecule has 286 valence electrons. The minimum atomic E-state index is -2.79. The van der Waals surface area contributed by atoms with Crippen LogP contribution in [0.2, 0.25) is 0 Å². The lowest BCUT2D eigenvalue weighted by Gasteiger charge is -2.34. The minimum absolute atomic E-state index is 0.689. The highest BCUT2D eigenvalue weighted by molar-refractivity contribution is 7.20. The molecule has 0 aliphatic carbocycles. The topological polar surface area (TPSA) is 48.5 Å². The van der Waals surface area contributed by atoms with Gasteiger partial charge in [-0.15, -0.1) is 0 Å². The molecule has 0 saturated carbocycles. The number of aromatic nitrogens is 5. The van der Waals surface area contributed by atoms with Gasteiger partial charge in [0.05, 0.1) is 22.1 Å². The maximum Gasteiger partial charge on any atom is 0.179 e. The monoisotopic (exact) mass is 787 g/mol. The summed E-state index contributed by atoms with van der Waals surface area (Å²) >= 11 is 0. The zero-order chi connectivity index (χ0) is 40.4. The Bertz CT molecular complexity index is 3230. The van der Waals surface area contributed by atoms with E-state index in [-0.39, 0.29) is 0 Å². The molecular weight excluding hydrogens is 747 g/mol. The van der Waals surface area contributed by atoms with Crippen LogP contribution in [-0.2, 0) is 0 Å². The average Bonchev–Trinajstić information content (AvgIpc) is 3.82. The summed E-state index contributed by atoms with van der Waals surface area (Å²) in [5.74, 6) is 2.31. The van der Waals surface area contributed by atoms with Gasteiger partial charge >= 0.3 is 0 Å². The van der Waals surface area contributed by atoms with E-state index in [0.29, 0.717) is 5.82 Å². The Hall–Kier alpha value is -7.41. The van der Waals surface area contributed by atoms with Crippen molar-refractivity contribution in [1.82, 2.24) is 24.1 Å². The first kappa shape index (κ1) is 35.7. The first-order chi connectivity index (χ1) is 29.5. The number of nitrogens with zero attached hydrogens (tertiary/aromatic N) is 5. The molecule has 4 aromatic heterocycles. The van der Waals surface area contributed by atoms with Crippen LogP contribution in [0.25, 0.3) is 66.6 Å². The van der Waals surface area contributed by atoms with Gasteiger partial charge in [0.1, 0.15) is 11.6 Å². The van der Waals surface area contributed by atoms with Gasteiger partial charge in [-0.05, 0) is 83.5 Å². The van der Waals surface area contributed by atoms with Gasteiger partial charge in [-0.1, -0.05) is 158 Å². The molecule has 7 aromatic carbocycles. The lowest BCUT2D eigenvalue weighted by Crippen LogP contribution is -2.74. The van der Waals surface area contributed by atoms with Crippen molar-refractivity contribution >= 4 is 72.4 Å². The Balaban J connectivity index is 1.22. The van der Waals surface area contributed by atoms with Crippen molar-refractivity contribution in [2.24, 2.45) is 0 Å². The van der Waals surface area contributed by atoms with Gasteiger partial charge in [-0.2, -0.15) is 0 Å². The number of para-hydroxylation sites is 3. The lowest BCUT2D eigenvalue weighted by molar-refractivity contribution is 0.995. The lowest BCUT2D eigenvalue weighted by atomic mass is 10.1. The molecule has 0 bridgehead atoms. The van der Waals surface area contributed by atoms with E-state index in [0.717, 1.165) is 56.2 Å². The smallest absolute Gasteiger partial charge is 0.179 e. The van der Waals surface area contributed by atoms with Crippen LogP contribution in [0.15, 0.2) is 194 Å². The molecule has 5 nitrogen and oxygen atoms in total. The van der Waals surface area contributed by atoms with Crippen LogP contribution in [0.3, 0.4) is 0 Å². The van der Waals surface area contributed by atoms with Crippen LogP contribution in [0, 0.1) is 20.8 Å². The van der Waals surface area contributed by atoms with E-state index in [1.807, 2.05) is 0 Å². The molecule has 0 radical (unpaired) electrons. The molecule has 0 atom stereocenters. The predicted octanol–water partition coefficient (Wildman–Crippen LogP) is 10.0. The minimum Gasteiger partial charge on any atom is -0.294 e. The third-order valence-electron chi connectivity index (χ3n) is 12.5. The van der Waals surface area contributed by atoms with Crippen molar-refractivity contribution < 1.29 is 0 Å². The van der Waals surface area contributed by atoms with E-state index in [9.17, 15) is 0 Å². The highest BCUT2D eigenvalue weighted by Gasteiger charge is 2.41. The summed E-state index contributed by atoms with van der Waals surface area (Å²) < 4.78 is 4.62.